The van der Waals surface area contributed by atoms with Crippen molar-refractivity contribution < 1.29 is 9.53 Å². The van der Waals surface area contributed by atoms with Crippen molar-refractivity contribution in [1.29, 1.82) is 0 Å². The molecule has 180 valence electrons. The maximum absolute atomic E-state index is 12.7. The average molecular weight is 538 g/mol. The largest absolute Gasteiger partial charge is 0.462 e. The van der Waals surface area contributed by atoms with Gasteiger partial charge in [-0.2, -0.15) is 5.10 Å². The second-order valence-electron chi connectivity index (χ2n) is 8.12. The number of hydrogen-bond acceptors (Lipinski definition) is 5. The number of thiophene rings is 1. The van der Waals surface area contributed by atoms with E-state index in [1.807, 2.05) is 43.7 Å². The molecule has 0 aliphatic heterocycles. The second-order valence-corrected chi connectivity index (χ2v) is 10.4. The van der Waals surface area contributed by atoms with Gasteiger partial charge in [0.25, 0.3) is 0 Å². The molecular weight excluding hydrogens is 511 g/mol. The van der Waals surface area contributed by atoms with Crippen molar-refractivity contribution >= 4 is 68.5 Å². The van der Waals surface area contributed by atoms with Crippen LogP contribution in [0.3, 0.4) is 0 Å². The summed E-state index contributed by atoms with van der Waals surface area (Å²) in [7, 11) is 0. The van der Waals surface area contributed by atoms with Crippen LogP contribution in [0.25, 0.3) is 0 Å². The van der Waals surface area contributed by atoms with Gasteiger partial charge in [-0.3, -0.25) is 4.68 Å². The molecule has 2 aromatic heterocycles. The quantitative estimate of drug-likeness (QED) is 0.267. The van der Waals surface area contributed by atoms with E-state index in [2.05, 4.69) is 15.7 Å². The molecule has 10 heteroatoms. The van der Waals surface area contributed by atoms with Crippen LogP contribution in [0.2, 0.25) is 10.0 Å². The van der Waals surface area contributed by atoms with Crippen LogP contribution in [-0.2, 0) is 24.1 Å². The molecule has 3 aromatic rings. The molecule has 0 spiro atoms. The van der Waals surface area contributed by atoms with Gasteiger partial charge in [-0.05, 0) is 76.4 Å². The van der Waals surface area contributed by atoms with Crippen LogP contribution in [0.1, 0.15) is 57.5 Å². The zero-order valence-corrected chi connectivity index (χ0v) is 22.4. The number of thiocarbonyl (C=S) groups is 1. The molecule has 0 amide bonds. The number of rotatable bonds is 6. The van der Waals surface area contributed by atoms with E-state index in [-0.39, 0.29) is 5.97 Å². The van der Waals surface area contributed by atoms with E-state index < -0.39 is 0 Å². The lowest BCUT2D eigenvalue weighted by Crippen LogP contribution is -2.21. The summed E-state index contributed by atoms with van der Waals surface area (Å²) in [6.45, 7) is 6.46. The maximum atomic E-state index is 12.7. The minimum absolute atomic E-state index is 0.302. The standard InChI is InChI=1S/C24H26Cl2N4O2S2/c1-4-32-23(31)20-15-8-5-6-11-19(15)34-22(20)28-24(33)27-21-13(2)29-30(14(21)3)12-16-17(25)9-7-10-18(16)26/h7,9-10H,4-6,8,11-12H2,1-3H3,(H2,27,28,33). The van der Waals surface area contributed by atoms with Gasteiger partial charge in [0.15, 0.2) is 5.11 Å². The zero-order valence-electron chi connectivity index (χ0n) is 19.3. The molecule has 0 atom stereocenters. The van der Waals surface area contributed by atoms with E-state index in [1.54, 1.807) is 11.3 Å². The Labute approximate surface area is 218 Å². The fourth-order valence-electron chi connectivity index (χ4n) is 4.19. The van der Waals surface area contributed by atoms with Gasteiger partial charge in [0.1, 0.15) is 5.00 Å². The lowest BCUT2D eigenvalue weighted by molar-refractivity contribution is 0.0526. The summed E-state index contributed by atoms with van der Waals surface area (Å²) in [5, 5.41) is 13.5. The summed E-state index contributed by atoms with van der Waals surface area (Å²) in [6, 6.07) is 5.45. The van der Waals surface area contributed by atoms with E-state index >= 15 is 0 Å². The Morgan fingerprint density at radius 3 is 2.62 bits per heavy atom. The molecule has 0 fully saturated rings. The number of esters is 1. The third-order valence-electron chi connectivity index (χ3n) is 5.87. The molecule has 6 nitrogen and oxygen atoms in total. The number of carbonyl (C=O) groups excluding carboxylic acids is 1. The third kappa shape index (κ3) is 5.10. The first kappa shape index (κ1) is 25.0. The summed E-state index contributed by atoms with van der Waals surface area (Å²) in [5.74, 6) is -0.302. The van der Waals surface area contributed by atoms with E-state index in [4.69, 9.17) is 40.2 Å². The van der Waals surface area contributed by atoms with Crippen molar-refractivity contribution in [2.24, 2.45) is 0 Å². The van der Waals surface area contributed by atoms with Gasteiger partial charge < -0.3 is 15.4 Å². The van der Waals surface area contributed by atoms with Crippen LogP contribution in [0, 0.1) is 13.8 Å². The molecule has 2 heterocycles. The highest BCUT2D eigenvalue weighted by atomic mass is 35.5. The second kappa shape index (κ2) is 10.6. The van der Waals surface area contributed by atoms with Gasteiger partial charge in [0.2, 0.25) is 0 Å². The highest BCUT2D eigenvalue weighted by molar-refractivity contribution is 7.80. The number of nitrogens with one attached hydrogen (secondary N) is 2. The number of aromatic nitrogens is 2. The number of nitrogens with zero attached hydrogens (tertiary/aromatic N) is 2. The molecular formula is C24H26Cl2N4O2S2. The van der Waals surface area contributed by atoms with Gasteiger partial charge in [0.05, 0.1) is 35.8 Å². The SMILES string of the molecule is CCOC(=O)c1c(NC(=S)Nc2c(C)nn(Cc3c(Cl)cccc3Cl)c2C)sc2c1CCCC2. The first-order valence-electron chi connectivity index (χ1n) is 11.2. The van der Waals surface area contributed by atoms with Crippen molar-refractivity contribution in [3.8, 4) is 0 Å². The Bertz CT molecular complexity index is 1230. The van der Waals surface area contributed by atoms with Gasteiger partial charge in [-0.25, -0.2) is 4.79 Å². The summed E-state index contributed by atoms with van der Waals surface area (Å²) in [4.78, 5) is 14.0. The van der Waals surface area contributed by atoms with Gasteiger partial charge in [-0.15, -0.1) is 11.3 Å². The molecule has 0 bridgehead atoms. The average Bonchev–Trinajstić information content (AvgIpc) is 3.28. The number of fused-ring (bicyclic) bond motifs is 1. The van der Waals surface area contributed by atoms with Crippen molar-refractivity contribution in [2.45, 2.75) is 53.0 Å². The number of ether oxygens (including phenoxy) is 1. The number of anilines is 2. The molecule has 4 rings (SSSR count). The third-order valence-corrected chi connectivity index (χ3v) is 7.99. The highest BCUT2D eigenvalue weighted by Gasteiger charge is 2.27. The lowest BCUT2D eigenvalue weighted by Gasteiger charge is -2.13. The van der Waals surface area contributed by atoms with Gasteiger partial charge >= 0.3 is 5.97 Å². The Hall–Kier alpha value is -2.13. The normalized spacial score (nSPS) is 12.9. The predicted molar refractivity (Wildman–Crippen MR) is 144 cm³/mol. The number of carbonyl (C=O) groups is 1. The molecule has 0 saturated heterocycles. The van der Waals surface area contributed by atoms with Crippen molar-refractivity contribution in [3.63, 3.8) is 0 Å². The Morgan fingerprint density at radius 1 is 1.21 bits per heavy atom. The van der Waals surface area contributed by atoms with Crippen LogP contribution >= 0.6 is 46.8 Å². The molecule has 2 N–H and O–H groups in total. The van der Waals surface area contributed by atoms with E-state index in [0.717, 1.165) is 58.9 Å². The van der Waals surface area contributed by atoms with Crippen LogP contribution < -0.4 is 10.6 Å². The van der Waals surface area contributed by atoms with E-state index in [1.165, 1.54) is 4.88 Å². The minimum atomic E-state index is -0.302. The molecule has 34 heavy (non-hydrogen) atoms. The van der Waals surface area contributed by atoms with E-state index in [9.17, 15) is 4.79 Å². The molecule has 1 aromatic carbocycles. The summed E-state index contributed by atoms with van der Waals surface area (Å²) in [6.07, 6.45) is 4.07. The van der Waals surface area contributed by atoms with Gasteiger partial charge in [0, 0.05) is 20.5 Å². The fraction of sp³-hybridized carbons (Fsp3) is 0.375. The van der Waals surface area contributed by atoms with Crippen molar-refractivity contribution in [3.05, 3.63) is 61.2 Å². The topological polar surface area (TPSA) is 68.2 Å². The van der Waals surface area contributed by atoms with Crippen LogP contribution in [0.4, 0.5) is 10.7 Å². The number of benzene rings is 1. The Balaban J connectivity index is 1.55. The number of hydrogen-bond donors (Lipinski definition) is 2. The first-order chi connectivity index (χ1) is 16.3. The minimum Gasteiger partial charge on any atom is -0.462 e. The monoisotopic (exact) mass is 536 g/mol. The van der Waals surface area contributed by atoms with Crippen LogP contribution in [-0.4, -0.2) is 27.5 Å². The zero-order chi connectivity index (χ0) is 24.4. The summed E-state index contributed by atoms with van der Waals surface area (Å²) in [5.41, 5.74) is 5.02. The molecule has 0 unspecified atom stereocenters. The maximum Gasteiger partial charge on any atom is 0.341 e. The molecule has 0 radical (unpaired) electrons. The van der Waals surface area contributed by atoms with E-state index in [0.29, 0.717) is 33.9 Å². The molecule has 0 saturated carbocycles. The van der Waals surface area contributed by atoms with Crippen molar-refractivity contribution in [1.82, 2.24) is 9.78 Å². The molecule has 1 aliphatic rings. The van der Waals surface area contributed by atoms with Crippen molar-refractivity contribution in [2.75, 3.05) is 17.2 Å². The Kier molecular flexibility index (Phi) is 7.82. The summed E-state index contributed by atoms with van der Waals surface area (Å²) >= 11 is 19.9. The fourth-order valence-corrected chi connectivity index (χ4v) is 6.25. The van der Waals surface area contributed by atoms with Crippen LogP contribution in [0.5, 0.6) is 0 Å². The highest BCUT2D eigenvalue weighted by Crippen LogP contribution is 2.39. The summed E-state index contributed by atoms with van der Waals surface area (Å²) < 4.78 is 7.19. The molecule has 1 aliphatic carbocycles. The smallest absolute Gasteiger partial charge is 0.341 e. The first-order valence-corrected chi connectivity index (χ1v) is 13.1. The predicted octanol–water partition coefficient (Wildman–Crippen LogP) is 6.78. The number of aryl methyl sites for hydroxylation is 2. The van der Waals surface area contributed by atoms with Crippen LogP contribution in [0.15, 0.2) is 18.2 Å². The Morgan fingerprint density at radius 2 is 1.91 bits per heavy atom. The van der Waals surface area contributed by atoms with Gasteiger partial charge in [-0.1, -0.05) is 29.3 Å². The number of halogens is 2. The lowest BCUT2D eigenvalue weighted by atomic mass is 9.95.